The van der Waals surface area contributed by atoms with Crippen LogP contribution in [0.4, 0.5) is 0 Å². The molecule has 0 bridgehead atoms. The molecule has 1 N–H and O–H groups in total. The van der Waals surface area contributed by atoms with Gasteiger partial charge in [0.1, 0.15) is 12.4 Å². The molecule has 0 saturated heterocycles. The SMILES string of the molecule is Cc1ccc(Cn2cc([C@H](CC(=O)NCCc3ccccn3)c3ccc(OCc4ccccc4)cc3)c3ccccc32)cc1. The number of hydrogen-bond donors (Lipinski definition) is 1. The second-order valence-electron chi connectivity index (χ2n) is 11.2. The highest BCUT2D eigenvalue weighted by Gasteiger charge is 2.23. The van der Waals surface area contributed by atoms with Crippen molar-refractivity contribution in [2.24, 2.45) is 0 Å². The van der Waals surface area contributed by atoms with Crippen LogP contribution in [0.3, 0.4) is 0 Å². The van der Waals surface area contributed by atoms with Crippen LogP contribution >= 0.6 is 0 Å². The van der Waals surface area contributed by atoms with Gasteiger partial charge < -0.3 is 14.6 Å². The minimum absolute atomic E-state index is 0.0192. The molecule has 1 amide bonds. The molecule has 0 aliphatic rings. The summed E-state index contributed by atoms with van der Waals surface area (Å²) in [5.74, 6) is 0.695. The molecule has 4 aromatic carbocycles. The van der Waals surface area contributed by atoms with Gasteiger partial charge in [-0.3, -0.25) is 9.78 Å². The summed E-state index contributed by atoms with van der Waals surface area (Å²) in [6, 6.07) is 41.4. The summed E-state index contributed by atoms with van der Waals surface area (Å²) in [7, 11) is 0. The van der Waals surface area contributed by atoms with Crippen LogP contribution < -0.4 is 10.1 Å². The first-order valence-corrected chi connectivity index (χ1v) is 15.2. The van der Waals surface area contributed by atoms with E-state index in [9.17, 15) is 4.79 Å². The number of benzene rings is 4. The number of ether oxygens (including phenoxy) is 1. The van der Waals surface area contributed by atoms with Crippen molar-refractivity contribution in [1.82, 2.24) is 14.9 Å². The van der Waals surface area contributed by atoms with Gasteiger partial charge in [0.2, 0.25) is 5.91 Å². The fraction of sp³-hybridized carbons (Fsp3) is 0.179. The molecule has 0 unspecified atom stereocenters. The molecule has 1 atom stereocenters. The Hall–Kier alpha value is -5.16. The normalized spacial score (nSPS) is 11.8. The van der Waals surface area contributed by atoms with Crippen LogP contribution in [0, 0.1) is 6.92 Å². The van der Waals surface area contributed by atoms with E-state index in [1.54, 1.807) is 6.20 Å². The molecule has 5 nitrogen and oxygen atoms in total. The number of aryl methyl sites for hydroxylation is 1. The fourth-order valence-electron chi connectivity index (χ4n) is 5.65. The van der Waals surface area contributed by atoms with Crippen molar-refractivity contribution in [2.45, 2.75) is 38.8 Å². The van der Waals surface area contributed by atoms with Crippen molar-refractivity contribution in [2.75, 3.05) is 6.54 Å². The topological polar surface area (TPSA) is 56.2 Å². The van der Waals surface area contributed by atoms with Gasteiger partial charge in [0.25, 0.3) is 0 Å². The number of pyridine rings is 1. The summed E-state index contributed by atoms with van der Waals surface area (Å²) in [5.41, 5.74) is 7.96. The molecule has 6 rings (SSSR count). The van der Waals surface area contributed by atoms with Crippen LogP contribution in [0.1, 0.15) is 45.8 Å². The van der Waals surface area contributed by atoms with Crippen LogP contribution in [0.5, 0.6) is 5.75 Å². The zero-order valence-corrected chi connectivity index (χ0v) is 25.0. The van der Waals surface area contributed by atoms with Gasteiger partial charge in [-0.15, -0.1) is 0 Å². The second-order valence-corrected chi connectivity index (χ2v) is 11.2. The maximum atomic E-state index is 13.4. The summed E-state index contributed by atoms with van der Waals surface area (Å²) < 4.78 is 8.37. The Morgan fingerprint density at radius 3 is 2.34 bits per heavy atom. The van der Waals surface area contributed by atoms with E-state index in [0.717, 1.165) is 45.6 Å². The Labute approximate surface area is 259 Å². The maximum absolute atomic E-state index is 13.4. The van der Waals surface area contributed by atoms with Gasteiger partial charge in [-0.05, 0) is 59.5 Å². The first-order chi connectivity index (χ1) is 21.6. The lowest BCUT2D eigenvalue weighted by Crippen LogP contribution is -2.27. The van der Waals surface area contributed by atoms with Crippen molar-refractivity contribution in [3.05, 3.63) is 167 Å². The van der Waals surface area contributed by atoms with E-state index in [0.29, 0.717) is 26.0 Å². The Balaban J connectivity index is 1.27. The maximum Gasteiger partial charge on any atom is 0.220 e. The molecular formula is C39H37N3O2. The predicted molar refractivity (Wildman–Crippen MR) is 177 cm³/mol. The second kappa shape index (κ2) is 13.9. The Morgan fingerprint density at radius 2 is 1.57 bits per heavy atom. The number of nitrogens with zero attached hydrogens (tertiary/aromatic N) is 2. The van der Waals surface area contributed by atoms with Crippen molar-refractivity contribution in [3.63, 3.8) is 0 Å². The molecule has 220 valence electrons. The first kappa shape index (κ1) is 28.9. The van der Waals surface area contributed by atoms with E-state index in [4.69, 9.17) is 4.74 Å². The van der Waals surface area contributed by atoms with E-state index in [2.05, 4.69) is 101 Å². The lowest BCUT2D eigenvalue weighted by atomic mass is 9.88. The van der Waals surface area contributed by atoms with Crippen LogP contribution in [0.2, 0.25) is 0 Å². The zero-order chi connectivity index (χ0) is 30.1. The monoisotopic (exact) mass is 579 g/mol. The van der Waals surface area contributed by atoms with Crippen molar-refractivity contribution >= 4 is 16.8 Å². The average molecular weight is 580 g/mol. The molecule has 5 heteroatoms. The predicted octanol–water partition coefficient (Wildman–Crippen LogP) is 7.85. The Morgan fingerprint density at radius 1 is 0.818 bits per heavy atom. The van der Waals surface area contributed by atoms with Gasteiger partial charge in [-0.25, -0.2) is 0 Å². The largest absolute Gasteiger partial charge is 0.489 e. The first-order valence-electron chi connectivity index (χ1n) is 15.2. The average Bonchev–Trinajstić information content (AvgIpc) is 3.43. The number of amides is 1. The van der Waals surface area contributed by atoms with Crippen LogP contribution in [-0.4, -0.2) is 22.0 Å². The molecule has 6 aromatic rings. The third-order valence-corrected chi connectivity index (χ3v) is 8.02. The zero-order valence-electron chi connectivity index (χ0n) is 25.0. The highest BCUT2D eigenvalue weighted by molar-refractivity contribution is 5.87. The molecular weight excluding hydrogens is 542 g/mol. The number of nitrogens with one attached hydrogen (secondary N) is 1. The number of rotatable bonds is 12. The number of hydrogen-bond acceptors (Lipinski definition) is 3. The van der Waals surface area contributed by atoms with Crippen molar-refractivity contribution in [1.29, 1.82) is 0 Å². The number of fused-ring (bicyclic) bond motifs is 1. The molecule has 0 saturated carbocycles. The number of para-hydroxylation sites is 1. The van der Waals surface area contributed by atoms with E-state index < -0.39 is 0 Å². The van der Waals surface area contributed by atoms with Crippen molar-refractivity contribution < 1.29 is 9.53 Å². The summed E-state index contributed by atoms with van der Waals surface area (Å²) in [6.45, 7) is 3.92. The van der Waals surface area contributed by atoms with Gasteiger partial charge in [0.15, 0.2) is 0 Å². The van der Waals surface area contributed by atoms with Gasteiger partial charge in [-0.2, -0.15) is 0 Å². The van der Waals surface area contributed by atoms with Crippen LogP contribution in [-0.2, 0) is 24.4 Å². The Bertz CT molecular complexity index is 1790. The summed E-state index contributed by atoms with van der Waals surface area (Å²) in [4.78, 5) is 17.8. The molecule has 0 spiro atoms. The summed E-state index contributed by atoms with van der Waals surface area (Å²) in [5, 5.41) is 4.30. The molecule has 2 aromatic heterocycles. The van der Waals surface area contributed by atoms with E-state index in [1.807, 2.05) is 48.5 Å². The van der Waals surface area contributed by atoms with E-state index in [-0.39, 0.29) is 11.8 Å². The highest BCUT2D eigenvalue weighted by atomic mass is 16.5. The lowest BCUT2D eigenvalue weighted by molar-refractivity contribution is -0.121. The van der Waals surface area contributed by atoms with Crippen molar-refractivity contribution in [3.8, 4) is 5.75 Å². The Kier molecular flexibility index (Phi) is 9.12. The van der Waals surface area contributed by atoms with Gasteiger partial charge in [0, 0.05) is 60.8 Å². The molecule has 0 aliphatic carbocycles. The molecule has 2 heterocycles. The van der Waals surface area contributed by atoms with Gasteiger partial charge in [-0.1, -0.05) is 96.6 Å². The number of carbonyl (C=O) groups excluding carboxylic acids is 1. The molecule has 0 fully saturated rings. The molecule has 0 radical (unpaired) electrons. The minimum Gasteiger partial charge on any atom is -0.489 e. The van der Waals surface area contributed by atoms with Gasteiger partial charge in [0.05, 0.1) is 0 Å². The fourth-order valence-corrected chi connectivity index (χ4v) is 5.65. The minimum atomic E-state index is -0.128. The molecule has 0 aliphatic heterocycles. The quantitative estimate of drug-likeness (QED) is 0.161. The van der Waals surface area contributed by atoms with Crippen LogP contribution in [0.15, 0.2) is 134 Å². The lowest BCUT2D eigenvalue weighted by Gasteiger charge is -2.18. The molecule has 44 heavy (non-hydrogen) atoms. The summed E-state index contributed by atoms with van der Waals surface area (Å²) >= 11 is 0. The van der Waals surface area contributed by atoms with E-state index >= 15 is 0 Å². The smallest absolute Gasteiger partial charge is 0.220 e. The van der Waals surface area contributed by atoms with Gasteiger partial charge >= 0.3 is 0 Å². The third-order valence-electron chi connectivity index (χ3n) is 8.02. The van der Waals surface area contributed by atoms with E-state index in [1.165, 1.54) is 11.1 Å². The van der Waals surface area contributed by atoms with Crippen LogP contribution in [0.25, 0.3) is 10.9 Å². The highest BCUT2D eigenvalue weighted by Crippen LogP contribution is 2.36. The third kappa shape index (κ3) is 7.24. The standard InChI is InChI=1S/C39H37N3O2/c1-29-14-16-30(17-15-29)26-42-27-37(35-12-5-6-13-38(35)42)36(25-39(43)41-24-22-33-11-7-8-23-40-33)32-18-20-34(21-19-32)44-28-31-9-3-2-4-10-31/h2-21,23,27,36H,22,24-26,28H2,1H3,(H,41,43)/t36-/m1/s1. The number of carbonyl (C=O) groups is 1. The number of aromatic nitrogens is 2. The summed E-state index contributed by atoms with van der Waals surface area (Å²) in [6.07, 6.45) is 5.05.